The van der Waals surface area contributed by atoms with Crippen LogP contribution in [-0.2, 0) is 9.47 Å². The van der Waals surface area contributed by atoms with Crippen LogP contribution in [0.15, 0.2) is 0 Å². The summed E-state index contributed by atoms with van der Waals surface area (Å²) in [5.74, 6) is 0. The summed E-state index contributed by atoms with van der Waals surface area (Å²) in [6.07, 6.45) is 0. The van der Waals surface area contributed by atoms with Gasteiger partial charge in [0.1, 0.15) is 0 Å². The molecular weight excluding hydrogens is 240 g/mol. The molecule has 0 spiro atoms. The number of hydrogen-bond donors (Lipinski definition) is 2. The Morgan fingerprint density at radius 2 is 0.882 bits per heavy atom. The molecule has 4 atom stereocenters. The molecule has 2 fully saturated rings. The van der Waals surface area contributed by atoms with Crippen molar-refractivity contribution in [2.24, 2.45) is 0 Å². The molecule has 2 rings (SSSR count). The Kier molecular flexibility index (Phi) is 9.18. The second-order valence-electron chi connectivity index (χ2n) is 5.01. The van der Waals surface area contributed by atoms with E-state index in [1.54, 1.807) is 0 Å². The van der Waals surface area contributed by atoms with E-state index in [2.05, 4.69) is 38.3 Å². The van der Waals surface area contributed by atoms with Gasteiger partial charge in [0.25, 0.3) is 0 Å². The first kappa shape index (κ1) is 17.1. The monoisotopic (exact) mass is 266 g/mol. The largest absolute Gasteiger partial charge is 0.378 e. The third-order valence-corrected chi connectivity index (χ3v) is 2.61. The van der Waals surface area contributed by atoms with E-state index < -0.39 is 0 Å². The van der Waals surface area contributed by atoms with Crippen LogP contribution in [-0.4, -0.2) is 50.6 Å². The topological polar surface area (TPSA) is 42.5 Å². The number of halogens is 1. The summed E-state index contributed by atoms with van der Waals surface area (Å²) in [7, 11) is 0. The van der Waals surface area contributed by atoms with E-state index in [-0.39, 0.29) is 12.4 Å². The maximum Gasteiger partial charge on any atom is 0.0617 e. The molecule has 0 unspecified atom stereocenters. The van der Waals surface area contributed by atoms with Gasteiger partial charge in [0.2, 0.25) is 0 Å². The van der Waals surface area contributed by atoms with Crippen molar-refractivity contribution in [3.8, 4) is 0 Å². The molecule has 17 heavy (non-hydrogen) atoms. The van der Waals surface area contributed by atoms with Crippen LogP contribution in [0.1, 0.15) is 27.7 Å². The zero-order valence-electron chi connectivity index (χ0n) is 11.4. The van der Waals surface area contributed by atoms with Gasteiger partial charge in [-0.3, -0.25) is 0 Å². The normalized spacial score (nSPS) is 37.4. The second kappa shape index (κ2) is 9.11. The number of rotatable bonds is 0. The molecule has 0 bridgehead atoms. The number of morpholine rings is 2. The van der Waals surface area contributed by atoms with E-state index in [1.165, 1.54) is 0 Å². The van der Waals surface area contributed by atoms with Crippen LogP contribution >= 0.6 is 12.4 Å². The molecule has 2 N–H and O–H groups in total. The predicted octanol–water partition coefficient (Wildman–Crippen LogP) is 1.19. The Bertz CT molecular complexity index is 159. The Labute approximate surface area is 111 Å². The standard InChI is InChI=1S/2C6H13NO.ClH/c2*1-5-3-8-4-6(2)7-5;/h2*5-7H,3-4H2,1-2H3;1H/t2*5-,6+;. The van der Waals surface area contributed by atoms with Gasteiger partial charge in [0.15, 0.2) is 0 Å². The van der Waals surface area contributed by atoms with E-state index >= 15 is 0 Å². The van der Waals surface area contributed by atoms with Crippen LogP contribution in [0.3, 0.4) is 0 Å². The van der Waals surface area contributed by atoms with E-state index in [9.17, 15) is 0 Å². The number of ether oxygens (including phenoxy) is 2. The molecule has 2 aliphatic rings. The summed E-state index contributed by atoms with van der Waals surface area (Å²) in [4.78, 5) is 0. The van der Waals surface area contributed by atoms with Crippen molar-refractivity contribution in [1.82, 2.24) is 10.6 Å². The first-order valence-electron chi connectivity index (χ1n) is 6.25. The van der Waals surface area contributed by atoms with Gasteiger partial charge >= 0.3 is 0 Å². The molecule has 0 aliphatic carbocycles. The summed E-state index contributed by atoms with van der Waals surface area (Å²) in [6.45, 7) is 12.0. The quantitative estimate of drug-likeness (QED) is 0.691. The van der Waals surface area contributed by atoms with Gasteiger partial charge in [0.05, 0.1) is 26.4 Å². The maximum atomic E-state index is 5.23. The van der Waals surface area contributed by atoms with E-state index in [0.717, 1.165) is 26.4 Å². The molecule has 0 saturated carbocycles. The first-order valence-corrected chi connectivity index (χ1v) is 6.25. The molecule has 2 saturated heterocycles. The molecule has 0 aromatic rings. The minimum Gasteiger partial charge on any atom is -0.378 e. The molecule has 104 valence electrons. The van der Waals surface area contributed by atoms with Crippen molar-refractivity contribution in [2.45, 2.75) is 51.9 Å². The number of hydrogen-bond acceptors (Lipinski definition) is 4. The van der Waals surface area contributed by atoms with Crippen molar-refractivity contribution in [3.63, 3.8) is 0 Å². The van der Waals surface area contributed by atoms with Gasteiger partial charge in [-0.1, -0.05) is 0 Å². The third-order valence-electron chi connectivity index (χ3n) is 2.61. The Balaban J connectivity index is 0.000000284. The lowest BCUT2D eigenvalue weighted by Gasteiger charge is -2.25. The Morgan fingerprint density at radius 1 is 0.647 bits per heavy atom. The molecule has 0 aromatic carbocycles. The van der Waals surface area contributed by atoms with Gasteiger partial charge in [-0.05, 0) is 27.7 Å². The fourth-order valence-corrected chi connectivity index (χ4v) is 2.01. The lowest BCUT2D eigenvalue weighted by molar-refractivity contribution is 0.0560. The van der Waals surface area contributed by atoms with Crippen molar-refractivity contribution >= 4 is 12.4 Å². The van der Waals surface area contributed by atoms with Crippen LogP contribution in [0, 0.1) is 0 Å². The highest BCUT2D eigenvalue weighted by Gasteiger charge is 2.13. The fraction of sp³-hybridized carbons (Fsp3) is 1.00. The van der Waals surface area contributed by atoms with E-state index in [1.807, 2.05) is 0 Å². The highest BCUT2D eigenvalue weighted by Crippen LogP contribution is 1.97. The van der Waals surface area contributed by atoms with Crippen LogP contribution in [0.4, 0.5) is 0 Å². The van der Waals surface area contributed by atoms with Crippen molar-refractivity contribution in [2.75, 3.05) is 26.4 Å². The van der Waals surface area contributed by atoms with Crippen LogP contribution in [0.2, 0.25) is 0 Å². The van der Waals surface area contributed by atoms with Gasteiger partial charge in [-0.25, -0.2) is 0 Å². The van der Waals surface area contributed by atoms with E-state index in [0.29, 0.717) is 24.2 Å². The average Bonchev–Trinajstić information content (AvgIpc) is 2.17. The smallest absolute Gasteiger partial charge is 0.0617 e. The molecule has 0 aromatic heterocycles. The van der Waals surface area contributed by atoms with Gasteiger partial charge in [-0.15, -0.1) is 12.4 Å². The Morgan fingerprint density at radius 3 is 1.00 bits per heavy atom. The van der Waals surface area contributed by atoms with Gasteiger partial charge in [-0.2, -0.15) is 0 Å². The van der Waals surface area contributed by atoms with Crippen molar-refractivity contribution in [1.29, 1.82) is 0 Å². The first-order chi connectivity index (χ1) is 7.58. The highest BCUT2D eigenvalue weighted by molar-refractivity contribution is 5.85. The predicted molar refractivity (Wildman–Crippen MR) is 73.0 cm³/mol. The number of nitrogens with one attached hydrogen (secondary N) is 2. The maximum absolute atomic E-state index is 5.23. The van der Waals surface area contributed by atoms with Crippen LogP contribution in [0.25, 0.3) is 0 Å². The minimum absolute atomic E-state index is 0. The molecular formula is C12H27ClN2O2. The van der Waals surface area contributed by atoms with Gasteiger partial charge in [0, 0.05) is 24.2 Å². The molecule has 2 aliphatic heterocycles. The molecule has 2 heterocycles. The zero-order valence-corrected chi connectivity index (χ0v) is 12.2. The van der Waals surface area contributed by atoms with Crippen molar-refractivity contribution in [3.05, 3.63) is 0 Å². The van der Waals surface area contributed by atoms with Crippen LogP contribution in [0.5, 0.6) is 0 Å². The lowest BCUT2D eigenvalue weighted by atomic mass is 10.2. The second-order valence-corrected chi connectivity index (χ2v) is 5.01. The average molecular weight is 267 g/mol. The molecule has 0 amide bonds. The molecule has 4 nitrogen and oxygen atoms in total. The summed E-state index contributed by atoms with van der Waals surface area (Å²) < 4.78 is 10.5. The molecule has 5 heteroatoms. The van der Waals surface area contributed by atoms with E-state index in [4.69, 9.17) is 9.47 Å². The summed E-state index contributed by atoms with van der Waals surface area (Å²) in [5, 5.41) is 6.71. The fourth-order valence-electron chi connectivity index (χ4n) is 2.01. The summed E-state index contributed by atoms with van der Waals surface area (Å²) in [6, 6.07) is 2.16. The third kappa shape index (κ3) is 7.95. The van der Waals surface area contributed by atoms with Crippen molar-refractivity contribution < 1.29 is 9.47 Å². The van der Waals surface area contributed by atoms with Gasteiger partial charge < -0.3 is 20.1 Å². The SMILES string of the molecule is C[C@@H]1COC[C@H](C)N1.C[C@@H]1COC[C@H](C)N1.Cl. The Hall–Kier alpha value is 0.130. The lowest BCUT2D eigenvalue weighted by Crippen LogP contribution is -2.45. The zero-order chi connectivity index (χ0) is 12.0. The minimum atomic E-state index is 0. The summed E-state index contributed by atoms with van der Waals surface area (Å²) >= 11 is 0. The van der Waals surface area contributed by atoms with Crippen LogP contribution < -0.4 is 10.6 Å². The summed E-state index contributed by atoms with van der Waals surface area (Å²) in [5.41, 5.74) is 0. The highest BCUT2D eigenvalue weighted by atomic mass is 35.5. The molecule has 0 radical (unpaired) electrons.